The molecule has 134 valence electrons. The molecule has 0 aromatic heterocycles. The van der Waals surface area contributed by atoms with Gasteiger partial charge in [-0.2, -0.15) is 0 Å². The lowest BCUT2D eigenvalue weighted by atomic mass is 10.2. The maximum atomic E-state index is 11.7. The van der Waals surface area contributed by atoms with Crippen molar-refractivity contribution in [3.05, 3.63) is 30.3 Å². The number of rotatable bonds is 11. The summed E-state index contributed by atoms with van der Waals surface area (Å²) in [6.45, 7) is 4.15. The highest BCUT2D eigenvalue weighted by atomic mass is 16.7. The molecule has 1 aromatic carbocycles. The van der Waals surface area contributed by atoms with Crippen LogP contribution in [0.5, 0.6) is 5.75 Å². The van der Waals surface area contributed by atoms with E-state index < -0.39 is 18.2 Å². The minimum absolute atomic E-state index is 0.0769. The van der Waals surface area contributed by atoms with Crippen molar-refractivity contribution < 1.29 is 28.5 Å². The molecule has 1 unspecified atom stereocenters. The van der Waals surface area contributed by atoms with E-state index in [9.17, 15) is 9.59 Å². The molecule has 0 N–H and O–H groups in total. The van der Waals surface area contributed by atoms with Crippen molar-refractivity contribution in [1.29, 1.82) is 0 Å². The van der Waals surface area contributed by atoms with Gasteiger partial charge in [-0.3, -0.25) is 0 Å². The summed E-state index contributed by atoms with van der Waals surface area (Å²) in [7, 11) is 0. The third-order valence-corrected chi connectivity index (χ3v) is 3.16. The van der Waals surface area contributed by atoms with Gasteiger partial charge in [-0.05, 0) is 25.5 Å². The highest BCUT2D eigenvalue weighted by molar-refractivity contribution is 5.76. The number of unbranched alkanes of at least 4 members (excludes halogenated alkanes) is 3. The zero-order chi connectivity index (χ0) is 17.6. The van der Waals surface area contributed by atoms with E-state index in [1.54, 1.807) is 0 Å². The average Bonchev–Trinajstić information content (AvgIpc) is 2.59. The smallest absolute Gasteiger partial charge is 0.490 e. The van der Waals surface area contributed by atoms with E-state index in [2.05, 4.69) is 6.92 Å². The van der Waals surface area contributed by atoms with Crippen LogP contribution in [0.4, 0.5) is 4.79 Å². The summed E-state index contributed by atoms with van der Waals surface area (Å²) in [4.78, 5) is 23.1. The lowest BCUT2D eigenvalue weighted by molar-refractivity contribution is -0.154. The summed E-state index contributed by atoms with van der Waals surface area (Å²) in [5.74, 6) is 0.0686. The minimum atomic E-state index is -1.01. The van der Waals surface area contributed by atoms with Gasteiger partial charge in [0.1, 0.15) is 19.0 Å². The highest BCUT2D eigenvalue weighted by Gasteiger charge is 2.20. The molecule has 0 radical (unpaired) electrons. The van der Waals surface area contributed by atoms with Gasteiger partial charge in [0.25, 0.3) is 0 Å². The summed E-state index contributed by atoms with van der Waals surface area (Å²) in [5, 5.41) is 0. The quantitative estimate of drug-likeness (QED) is 0.452. The van der Waals surface area contributed by atoms with Crippen LogP contribution in [0.15, 0.2) is 30.3 Å². The number of carbonyl (C=O) groups excluding carboxylic acids is 2. The Kier molecular flexibility index (Phi) is 10.1. The highest BCUT2D eigenvalue weighted by Crippen LogP contribution is 2.08. The monoisotopic (exact) mass is 338 g/mol. The van der Waals surface area contributed by atoms with Crippen LogP contribution in [0.1, 0.15) is 39.5 Å². The first-order valence-electron chi connectivity index (χ1n) is 8.31. The van der Waals surface area contributed by atoms with Gasteiger partial charge in [-0.15, -0.1) is 0 Å². The first-order valence-corrected chi connectivity index (χ1v) is 8.31. The number of hydrogen-bond donors (Lipinski definition) is 0. The van der Waals surface area contributed by atoms with E-state index in [4.69, 9.17) is 18.9 Å². The van der Waals surface area contributed by atoms with Crippen LogP contribution >= 0.6 is 0 Å². The third kappa shape index (κ3) is 9.02. The Labute approximate surface area is 143 Å². The van der Waals surface area contributed by atoms with Gasteiger partial charge >= 0.3 is 12.1 Å². The van der Waals surface area contributed by atoms with Crippen LogP contribution in [0, 0.1) is 0 Å². The van der Waals surface area contributed by atoms with Crippen molar-refractivity contribution in [2.24, 2.45) is 0 Å². The summed E-state index contributed by atoms with van der Waals surface area (Å²) < 4.78 is 20.1. The molecule has 0 spiro atoms. The van der Waals surface area contributed by atoms with Gasteiger partial charge in [0.05, 0.1) is 6.61 Å². The molecule has 0 saturated heterocycles. The number of esters is 1. The Morgan fingerprint density at radius 1 is 0.958 bits per heavy atom. The van der Waals surface area contributed by atoms with Crippen LogP contribution < -0.4 is 4.74 Å². The van der Waals surface area contributed by atoms with Gasteiger partial charge in [0.2, 0.25) is 0 Å². The number of hydrogen-bond acceptors (Lipinski definition) is 6. The van der Waals surface area contributed by atoms with Crippen LogP contribution in [0.2, 0.25) is 0 Å². The Morgan fingerprint density at radius 3 is 2.42 bits per heavy atom. The van der Waals surface area contributed by atoms with Crippen molar-refractivity contribution >= 4 is 12.1 Å². The maximum Gasteiger partial charge on any atom is 0.509 e. The molecular weight excluding hydrogens is 312 g/mol. The fourth-order valence-corrected chi connectivity index (χ4v) is 1.85. The predicted octanol–water partition coefficient (Wildman–Crippen LogP) is 3.73. The van der Waals surface area contributed by atoms with Gasteiger partial charge in [0, 0.05) is 0 Å². The van der Waals surface area contributed by atoms with Gasteiger partial charge in [-0.25, -0.2) is 9.59 Å². The third-order valence-electron chi connectivity index (χ3n) is 3.16. The molecule has 0 aliphatic heterocycles. The second kappa shape index (κ2) is 12.2. The number of para-hydroxylation sites is 1. The summed E-state index contributed by atoms with van der Waals surface area (Å²) >= 11 is 0. The van der Waals surface area contributed by atoms with Crippen molar-refractivity contribution in [1.82, 2.24) is 0 Å². The SMILES string of the molecule is CCCCCCOC(=O)OC(C)C(=O)OCCOc1ccccc1. The Hall–Kier alpha value is -2.24. The summed E-state index contributed by atoms with van der Waals surface area (Å²) in [5.41, 5.74) is 0. The molecule has 6 heteroatoms. The predicted molar refractivity (Wildman–Crippen MR) is 88.9 cm³/mol. The maximum absolute atomic E-state index is 11.7. The number of carbonyl (C=O) groups is 2. The average molecular weight is 338 g/mol. The Balaban J connectivity index is 2.09. The molecule has 24 heavy (non-hydrogen) atoms. The van der Waals surface area contributed by atoms with Crippen LogP contribution in [0.25, 0.3) is 0 Å². The molecule has 6 nitrogen and oxygen atoms in total. The second-order valence-electron chi connectivity index (χ2n) is 5.25. The largest absolute Gasteiger partial charge is 0.509 e. The fraction of sp³-hybridized carbons (Fsp3) is 0.556. The van der Waals surface area contributed by atoms with E-state index in [1.807, 2.05) is 30.3 Å². The Bertz CT molecular complexity index is 474. The number of benzene rings is 1. The summed E-state index contributed by atoms with van der Waals surface area (Å²) in [6, 6.07) is 9.21. The first-order chi connectivity index (χ1) is 11.6. The van der Waals surface area contributed by atoms with E-state index in [-0.39, 0.29) is 13.2 Å². The fourth-order valence-electron chi connectivity index (χ4n) is 1.85. The topological polar surface area (TPSA) is 71.1 Å². The van der Waals surface area contributed by atoms with Gasteiger partial charge in [0.15, 0.2) is 6.10 Å². The van der Waals surface area contributed by atoms with E-state index in [0.717, 1.165) is 25.7 Å². The van der Waals surface area contributed by atoms with Gasteiger partial charge in [-0.1, -0.05) is 44.4 Å². The molecule has 0 bridgehead atoms. The van der Waals surface area contributed by atoms with Gasteiger partial charge < -0.3 is 18.9 Å². The van der Waals surface area contributed by atoms with Crippen molar-refractivity contribution in [2.45, 2.75) is 45.6 Å². The standard InChI is InChI=1S/C18H26O6/c1-3-4-5-9-12-23-18(20)24-15(2)17(19)22-14-13-21-16-10-7-6-8-11-16/h6-8,10-11,15H,3-5,9,12-14H2,1-2H3. The normalized spacial score (nSPS) is 11.4. The molecule has 1 rings (SSSR count). The zero-order valence-electron chi connectivity index (χ0n) is 14.4. The van der Waals surface area contributed by atoms with Crippen molar-refractivity contribution in [3.8, 4) is 5.75 Å². The second-order valence-corrected chi connectivity index (χ2v) is 5.25. The van der Waals surface area contributed by atoms with E-state index in [0.29, 0.717) is 12.4 Å². The van der Waals surface area contributed by atoms with Crippen LogP contribution in [-0.4, -0.2) is 38.0 Å². The van der Waals surface area contributed by atoms with Crippen molar-refractivity contribution in [2.75, 3.05) is 19.8 Å². The number of ether oxygens (including phenoxy) is 4. The van der Waals surface area contributed by atoms with Crippen molar-refractivity contribution in [3.63, 3.8) is 0 Å². The molecule has 0 aliphatic carbocycles. The van der Waals surface area contributed by atoms with E-state index >= 15 is 0 Å². The van der Waals surface area contributed by atoms with Crippen LogP contribution in [-0.2, 0) is 19.0 Å². The zero-order valence-corrected chi connectivity index (χ0v) is 14.4. The molecule has 0 saturated carbocycles. The lowest BCUT2D eigenvalue weighted by Gasteiger charge is -2.13. The Morgan fingerprint density at radius 2 is 1.71 bits per heavy atom. The lowest BCUT2D eigenvalue weighted by Crippen LogP contribution is -2.28. The molecule has 0 aliphatic rings. The molecule has 1 aromatic rings. The summed E-state index contributed by atoms with van der Waals surface area (Å²) in [6.07, 6.45) is 2.15. The molecular formula is C18H26O6. The van der Waals surface area contributed by atoms with Crippen LogP contribution in [0.3, 0.4) is 0 Å². The first kappa shape index (κ1) is 19.8. The van der Waals surface area contributed by atoms with E-state index in [1.165, 1.54) is 6.92 Å². The molecule has 0 fully saturated rings. The minimum Gasteiger partial charge on any atom is -0.490 e. The molecule has 0 heterocycles. The molecule has 0 amide bonds. The molecule has 1 atom stereocenters.